The van der Waals surface area contributed by atoms with Crippen LogP contribution in [0.2, 0.25) is 0 Å². The largest absolute Gasteiger partial charge is 0.365 e. The highest BCUT2D eigenvalue weighted by atomic mass is 19.3. The first-order valence-electron chi connectivity index (χ1n) is 3.66. The molecule has 1 aromatic heterocycles. The van der Waals surface area contributed by atoms with Crippen molar-refractivity contribution in [3.8, 4) is 6.07 Å². The smallest absolute Gasteiger partial charge is 0.281 e. The van der Waals surface area contributed by atoms with Gasteiger partial charge in [0.15, 0.2) is 0 Å². The van der Waals surface area contributed by atoms with Gasteiger partial charge < -0.3 is 5.73 Å². The Morgan fingerprint density at radius 3 is 2.60 bits per heavy atom. The van der Waals surface area contributed by atoms with E-state index in [0.29, 0.717) is 6.07 Å². The lowest BCUT2D eigenvalue weighted by Crippen LogP contribution is -2.18. The van der Waals surface area contributed by atoms with Crippen molar-refractivity contribution >= 4 is 5.91 Å². The third kappa shape index (κ3) is 2.04. The second-order valence-electron chi connectivity index (χ2n) is 2.53. The SMILES string of the molecule is N#Cc1cc(F)nc(C(F)F)c1C(N)=O. The average molecular weight is 215 g/mol. The Bertz CT molecular complexity index is 453. The van der Waals surface area contributed by atoms with E-state index in [9.17, 15) is 18.0 Å². The predicted molar refractivity (Wildman–Crippen MR) is 42.4 cm³/mol. The summed E-state index contributed by atoms with van der Waals surface area (Å²) in [6, 6.07) is 1.97. The Morgan fingerprint density at radius 2 is 2.20 bits per heavy atom. The van der Waals surface area contributed by atoms with Crippen LogP contribution >= 0.6 is 0 Å². The molecule has 1 rings (SSSR count). The second-order valence-corrected chi connectivity index (χ2v) is 2.53. The van der Waals surface area contributed by atoms with Crippen LogP contribution in [0.3, 0.4) is 0 Å². The minimum Gasteiger partial charge on any atom is -0.365 e. The summed E-state index contributed by atoms with van der Waals surface area (Å²) in [5.41, 5.74) is 2.39. The molecule has 0 aliphatic rings. The summed E-state index contributed by atoms with van der Waals surface area (Å²) in [7, 11) is 0. The van der Waals surface area contributed by atoms with Gasteiger partial charge in [-0.3, -0.25) is 4.79 Å². The summed E-state index contributed by atoms with van der Waals surface area (Å²) in [5, 5.41) is 8.50. The summed E-state index contributed by atoms with van der Waals surface area (Å²) in [6.45, 7) is 0. The molecule has 0 aliphatic carbocycles. The number of primary amides is 1. The number of nitrogens with zero attached hydrogens (tertiary/aromatic N) is 2. The maximum absolute atomic E-state index is 12.7. The zero-order valence-corrected chi connectivity index (χ0v) is 7.17. The molecule has 1 amide bonds. The first-order valence-corrected chi connectivity index (χ1v) is 3.66. The molecule has 0 unspecified atom stereocenters. The van der Waals surface area contributed by atoms with Crippen LogP contribution in [0, 0.1) is 17.3 Å². The van der Waals surface area contributed by atoms with Crippen LogP contribution in [0.15, 0.2) is 6.07 Å². The van der Waals surface area contributed by atoms with Crippen molar-refractivity contribution < 1.29 is 18.0 Å². The number of hydrogen-bond donors (Lipinski definition) is 1. The molecule has 0 saturated heterocycles. The Balaban J connectivity index is 3.56. The quantitative estimate of drug-likeness (QED) is 0.751. The molecule has 0 bridgehead atoms. The standard InChI is InChI=1S/C8H4F3N3O/c9-4-1-3(2-12)5(8(13)15)6(14-4)7(10)11/h1,7H,(H2,13,15). The minimum absolute atomic E-state index is 0.551. The van der Waals surface area contributed by atoms with E-state index in [2.05, 4.69) is 4.98 Å². The van der Waals surface area contributed by atoms with E-state index in [1.807, 2.05) is 0 Å². The van der Waals surface area contributed by atoms with Gasteiger partial charge in [0.05, 0.1) is 11.1 Å². The van der Waals surface area contributed by atoms with Crippen molar-refractivity contribution in [1.82, 2.24) is 4.98 Å². The fraction of sp³-hybridized carbons (Fsp3) is 0.125. The number of alkyl halides is 2. The maximum Gasteiger partial charge on any atom is 0.281 e. The molecule has 7 heteroatoms. The first-order chi connectivity index (χ1) is 6.97. The zero-order valence-electron chi connectivity index (χ0n) is 7.17. The lowest BCUT2D eigenvalue weighted by atomic mass is 10.1. The number of carbonyl (C=O) groups excluding carboxylic acids is 1. The molecule has 15 heavy (non-hydrogen) atoms. The van der Waals surface area contributed by atoms with E-state index in [-0.39, 0.29) is 0 Å². The molecule has 4 nitrogen and oxygen atoms in total. The van der Waals surface area contributed by atoms with Gasteiger partial charge in [-0.15, -0.1) is 0 Å². The molecule has 2 N–H and O–H groups in total. The van der Waals surface area contributed by atoms with Crippen molar-refractivity contribution in [3.05, 3.63) is 28.8 Å². The van der Waals surface area contributed by atoms with Crippen molar-refractivity contribution in [3.63, 3.8) is 0 Å². The Morgan fingerprint density at radius 1 is 1.60 bits per heavy atom. The third-order valence-electron chi connectivity index (χ3n) is 1.59. The molecule has 1 heterocycles. The first kappa shape index (κ1) is 11.0. The van der Waals surface area contributed by atoms with Crippen molar-refractivity contribution in [2.24, 2.45) is 5.73 Å². The number of nitriles is 1. The van der Waals surface area contributed by atoms with Gasteiger partial charge in [-0.2, -0.15) is 9.65 Å². The molecular formula is C8H4F3N3O. The van der Waals surface area contributed by atoms with E-state index >= 15 is 0 Å². The topological polar surface area (TPSA) is 79.8 Å². The average Bonchev–Trinajstić information content (AvgIpc) is 2.15. The second kappa shape index (κ2) is 3.96. The third-order valence-corrected chi connectivity index (χ3v) is 1.59. The molecule has 0 atom stereocenters. The summed E-state index contributed by atoms with van der Waals surface area (Å²) in [6.07, 6.45) is -3.17. The van der Waals surface area contributed by atoms with E-state index < -0.39 is 35.1 Å². The zero-order chi connectivity index (χ0) is 11.6. The van der Waals surface area contributed by atoms with Gasteiger partial charge in [-0.1, -0.05) is 0 Å². The Hall–Kier alpha value is -2.10. The van der Waals surface area contributed by atoms with Gasteiger partial charge in [0.2, 0.25) is 5.95 Å². The van der Waals surface area contributed by atoms with Gasteiger partial charge in [0, 0.05) is 6.07 Å². The predicted octanol–water partition coefficient (Wildman–Crippen LogP) is 1.13. The van der Waals surface area contributed by atoms with Crippen LogP contribution in [-0.4, -0.2) is 10.9 Å². The highest BCUT2D eigenvalue weighted by Gasteiger charge is 2.23. The van der Waals surface area contributed by atoms with Gasteiger partial charge >= 0.3 is 0 Å². The molecular weight excluding hydrogens is 211 g/mol. The van der Waals surface area contributed by atoms with Gasteiger partial charge in [-0.05, 0) is 0 Å². The lowest BCUT2D eigenvalue weighted by Gasteiger charge is -2.06. The summed E-state index contributed by atoms with van der Waals surface area (Å²) >= 11 is 0. The Labute approximate surface area is 82.1 Å². The van der Waals surface area contributed by atoms with Crippen LogP contribution in [0.1, 0.15) is 28.0 Å². The fourth-order valence-corrected chi connectivity index (χ4v) is 1.04. The van der Waals surface area contributed by atoms with Crippen molar-refractivity contribution in [1.29, 1.82) is 5.26 Å². The number of halogens is 3. The van der Waals surface area contributed by atoms with E-state index in [4.69, 9.17) is 11.0 Å². The highest BCUT2D eigenvalue weighted by Crippen LogP contribution is 2.23. The van der Waals surface area contributed by atoms with Gasteiger partial charge in [0.1, 0.15) is 11.8 Å². The van der Waals surface area contributed by atoms with Crippen LogP contribution in [0.4, 0.5) is 13.2 Å². The maximum atomic E-state index is 12.7. The van der Waals surface area contributed by atoms with E-state index in [0.717, 1.165) is 0 Å². The summed E-state index contributed by atoms with van der Waals surface area (Å²) in [5.74, 6) is -2.50. The highest BCUT2D eigenvalue weighted by molar-refractivity contribution is 5.96. The molecule has 0 radical (unpaired) electrons. The monoisotopic (exact) mass is 215 g/mol. The van der Waals surface area contributed by atoms with Crippen molar-refractivity contribution in [2.45, 2.75) is 6.43 Å². The number of nitrogens with two attached hydrogens (primary N) is 1. The van der Waals surface area contributed by atoms with Crippen LogP contribution < -0.4 is 5.73 Å². The fourth-order valence-electron chi connectivity index (χ4n) is 1.04. The molecule has 0 aliphatic heterocycles. The molecule has 0 aromatic carbocycles. The molecule has 0 saturated carbocycles. The minimum atomic E-state index is -3.17. The number of aromatic nitrogens is 1. The van der Waals surface area contributed by atoms with Crippen LogP contribution in [-0.2, 0) is 0 Å². The summed E-state index contributed by atoms with van der Waals surface area (Å²) < 4.78 is 37.3. The molecule has 0 spiro atoms. The number of hydrogen-bond acceptors (Lipinski definition) is 3. The van der Waals surface area contributed by atoms with E-state index in [1.54, 1.807) is 0 Å². The molecule has 0 fully saturated rings. The van der Waals surface area contributed by atoms with Crippen LogP contribution in [0.5, 0.6) is 0 Å². The lowest BCUT2D eigenvalue weighted by molar-refractivity contribution is 0.0981. The Kier molecular flexibility index (Phi) is 2.90. The molecule has 1 aromatic rings. The van der Waals surface area contributed by atoms with Crippen molar-refractivity contribution in [2.75, 3.05) is 0 Å². The molecule has 78 valence electrons. The number of amides is 1. The van der Waals surface area contributed by atoms with Crippen LogP contribution in [0.25, 0.3) is 0 Å². The number of pyridine rings is 1. The number of rotatable bonds is 2. The van der Waals surface area contributed by atoms with E-state index in [1.165, 1.54) is 6.07 Å². The normalized spacial score (nSPS) is 10.1. The summed E-state index contributed by atoms with van der Waals surface area (Å²) in [4.78, 5) is 13.6. The van der Waals surface area contributed by atoms with Gasteiger partial charge in [-0.25, -0.2) is 13.8 Å². The van der Waals surface area contributed by atoms with Gasteiger partial charge in [0.25, 0.3) is 12.3 Å². The number of carbonyl (C=O) groups is 1.